The van der Waals surface area contributed by atoms with Gasteiger partial charge in [0.1, 0.15) is 5.75 Å². The molecule has 0 aliphatic heterocycles. The lowest BCUT2D eigenvalue weighted by Crippen LogP contribution is -2.37. The zero-order valence-corrected chi connectivity index (χ0v) is 13.2. The van der Waals surface area contributed by atoms with Crippen molar-refractivity contribution in [2.24, 2.45) is 12.8 Å². The first-order valence-corrected chi connectivity index (χ1v) is 7.09. The van der Waals surface area contributed by atoms with Crippen LogP contribution in [0.25, 0.3) is 0 Å². The van der Waals surface area contributed by atoms with Crippen LogP contribution in [0.1, 0.15) is 24.1 Å². The molecule has 1 aromatic heterocycles. The van der Waals surface area contributed by atoms with Gasteiger partial charge in [-0.2, -0.15) is 5.10 Å². The highest BCUT2D eigenvalue weighted by molar-refractivity contribution is 5.36. The Hall–Kier alpha value is -1.85. The Balaban J connectivity index is 2.25. The van der Waals surface area contributed by atoms with E-state index in [9.17, 15) is 0 Å². The summed E-state index contributed by atoms with van der Waals surface area (Å²) in [7, 11) is 5.69. The van der Waals surface area contributed by atoms with Crippen LogP contribution in [0.4, 0.5) is 0 Å². The van der Waals surface area contributed by atoms with Crippen LogP contribution in [0.5, 0.6) is 5.75 Å². The van der Waals surface area contributed by atoms with Crippen LogP contribution in [0, 0.1) is 0 Å². The molecule has 2 unspecified atom stereocenters. The van der Waals surface area contributed by atoms with Crippen molar-refractivity contribution in [1.29, 1.82) is 0 Å². The van der Waals surface area contributed by atoms with Gasteiger partial charge in [-0.05, 0) is 20.0 Å². The quantitative estimate of drug-likeness (QED) is 0.882. The number of para-hydroxylation sites is 1. The minimum Gasteiger partial charge on any atom is -0.496 e. The van der Waals surface area contributed by atoms with E-state index < -0.39 is 0 Å². The maximum atomic E-state index is 6.23. The molecule has 2 atom stereocenters. The molecule has 0 saturated carbocycles. The Morgan fingerprint density at radius 1 is 1.38 bits per heavy atom. The van der Waals surface area contributed by atoms with Crippen LogP contribution in [0.15, 0.2) is 36.7 Å². The first-order chi connectivity index (χ1) is 10.0. The topological polar surface area (TPSA) is 56.3 Å². The standard InChI is InChI=1S/C16H24N4O/c1-12(17)16(14-7-5-6-8-15(14)21-4)19(2)10-13-9-18-20(3)11-13/h5-9,11-12,16H,10,17H2,1-4H3. The third-order valence-electron chi connectivity index (χ3n) is 3.62. The Kier molecular flexibility index (Phi) is 4.98. The van der Waals surface area contributed by atoms with E-state index >= 15 is 0 Å². The second kappa shape index (κ2) is 6.74. The smallest absolute Gasteiger partial charge is 0.123 e. The molecular weight excluding hydrogens is 264 g/mol. The van der Waals surface area contributed by atoms with E-state index in [0.29, 0.717) is 0 Å². The van der Waals surface area contributed by atoms with Crippen LogP contribution in [-0.2, 0) is 13.6 Å². The fourth-order valence-corrected chi connectivity index (χ4v) is 2.77. The Labute approximate surface area is 126 Å². The molecule has 0 amide bonds. The molecule has 0 spiro atoms. The van der Waals surface area contributed by atoms with E-state index in [1.165, 1.54) is 5.56 Å². The van der Waals surface area contributed by atoms with Crippen molar-refractivity contribution >= 4 is 0 Å². The molecule has 0 fully saturated rings. The highest BCUT2D eigenvalue weighted by Gasteiger charge is 2.24. The maximum absolute atomic E-state index is 6.23. The molecule has 2 aromatic rings. The van der Waals surface area contributed by atoms with Crippen LogP contribution in [0.3, 0.4) is 0 Å². The molecule has 0 aliphatic rings. The summed E-state index contributed by atoms with van der Waals surface area (Å²) >= 11 is 0. The largest absolute Gasteiger partial charge is 0.496 e. The summed E-state index contributed by atoms with van der Waals surface area (Å²) in [6, 6.07) is 8.12. The molecule has 5 nitrogen and oxygen atoms in total. The van der Waals surface area contributed by atoms with Gasteiger partial charge in [-0.15, -0.1) is 0 Å². The van der Waals surface area contributed by atoms with Crippen molar-refractivity contribution in [3.63, 3.8) is 0 Å². The number of nitrogens with zero attached hydrogens (tertiary/aromatic N) is 3. The fraction of sp³-hybridized carbons (Fsp3) is 0.438. The summed E-state index contributed by atoms with van der Waals surface area (Å²) in [4.78, 5) is 2.24. The van der Waals surface area contributed by atoms with Gasteiger partial charge < -0.3 is 10.5 Å². The van der Waals surface area contributed by atoms with Crippen molar-refractivity contribution in [3.8, 4) is 5.75 Å². The van der Waals surface area contributed by atoms with E-state index in [0.717, 1.165) is 17.9 Å². The highest BCUT2D eigenvalue weighted by atomic mass is 16.5. The van der Waals surface area contributed by atoms with Crippen molar-refractivity contribution in [3.05, 3.63) is 47.8 Å². The summed E-state index contributed by atoms with van der Waals surface area (Å²) in [6.07, 6.45) is 3.91. The number of nitrogens with two attached hydrogens (primary N) is 1. The van der Waals surface area contributed by atoms with E-state index in [1.54, 1.807) is 7.11 Å². The van der Waals surface area contributed by atoms with Gasteiger partial charge in [-0.25, -0.2) is 0 Å². The van der Waals surface area contributed by atoms with Crippen LogP contribution >= 0.6 is 0 Å². The maximum Gasteiger partial charge on any atom is 0.123 e. The summed E-state index contributed by atoms with van der Waals surface area (Å²) < 4.78 is 7.29. The molecule has 2 N–H and O–H groups in total. The van der Waals surface area contributed by atoms with Gasteiger partial charge in [0, 0.05) is 37.0 Å². The zero-order chi connectivity index (χ0) is 15.4. The summed E-state index contributed by atoms with van der Waals surface area (Å²) in [6.45, 7) is 2.81. The lowest BCUT2D eigenvalue weighted by Gasteiger charge is -2.32. The summed E-state index contributed by atoms with van der Waals surface area (Å²) in [5.74, 6) is 0.873. The number of aromatic nitrogens is 2. The molecule has 0 saturated heterocycles. The third-order valence-corrected chi connectivity index (χ3v) is 3.62. The first-order valence-electron chi connectivity index (χ1n) is 7.09. The van der Waals surface area contributed by atoms with E-state index in [4.69, 9.17) is 10.5 Å². The molecule has 1 aromatic carbocycles. The normalized spacial score (nSPS) is 14.2. The van der Waals surface area contributed by atoms with Gasteiger partial charge in [-0.3, -0.25) is 9.58 Å². The Morgan fingerprint density at radius 3 is 2.67 bits per heavy atom. The molecule has 0 aliphatic carbocycles. The van der Waals surface area contributed by atoms with Gasteiger partial charge in [0.05, 0.1) is 19.3 Å². The van der Waals surface area contributed by atoms with E-state index in [2.05, 4.69) is 23.1 Å². The molecule has 114 valence electrons. The molecule has 1 heterocycles. The van der Waals surface area contributed by atoms with Gasteiger partial charge in [0.2, 0.25) is 0 Å². The Bertz CT molecular complexity index is 579. The number of ether oxygens (including phenoxy) is 1. The van der Waals surface area contributed by atoms with Crippen LogP contribution in [0.2, 0.25) is 0 Å². The second-order valence-electron chi connectivity index (χ2n) is 5.48. The van der Waals surface area contributed by atoms with Crippen molar-refractivity contribution in [2.75, 3.05) is 14.2 Å². The van der Waals surface area contributed by atoms with Crippen LogP contribution < -0.4 is 10.5 Å². The molecule has 2 rings (SSSR count). The molecular formula is C16H24N4O. The van der Waals surface area contributed by atoms with E-state index in [-0.39, 0.29) is 12.1 Å². The van der Waals surface area contributed by atoms with Crippen LogP contribution in [-0.4, -0.2) is 34.9 Å². The average Bonchev–Trinajstić information content (AvgIpc) is 2.84. The van der Waals surface area contributed by atoms with Gasteiger partial charge >= 0.3 is 0 Å². The van der Waals surface area contributed by atoms with Gasteiger partial charge in [0.15, 0.2) is 0 Å². The Morgan fingerprint density at radius 2 is 2.10 bits per heavy atom. The zero-order valence-electron chi connectivity index (χ0n) is 13.2. The number of methoxy groups -OCH3 is 1. The predicted molar refractivity (Wildman–Crippen MR) is 84.1 cm³/mol. The summed E-state index contributed by atoms with van der Waals surface area (Å²) in [5.41, 5.74) is 8.51. The number of hydrogen-bond donors (Lipinski definition) is 1. The molecule has 5 heteroatoms. The van der Waals surface area contributed by atoms with Gasteiger partial charge in [-0.1, -0.05) is 18.2 Å². The molecule has 0 radical (unpaired) electrons. The predicted octanol–water partition coefficient (Wildman–Crippen LogP) is 1.95. The van der Waals surface area contributed by atoms with Crippen molar-refractivity contribution in [2.45, 2.75) is 25.6 Å². The number of likely N-dealkylation sites (N-methyl/N-ethyl adjacent to an activating group) is 1. The minimum atomic E-state index is -0.0111. The first kappa shape index (κ1) is 15.5. The number of benzene rings is 1. The molecule has 21 heavy (non-hydrogen) atoms. The number of rotatable bonds is 6. The van der Waals surface area contributed by atoms with Gasteiger partial charge in [0.25, 0.3) is 0 Å². The highest BCUT2D eigenvalue weighted by Crippen LogP contribution is 2.31. The lowest BCUT2D eigenvalue weighted by molar-refractivity contribution is 0.206. The fourth-order valence-electron chi connectivity index (χ4n) is 2.77. The monoisotopic (exact) mass is 288 g/mol. The van der Waals surface area contributed by atoms with Crippen molar-refractivity contribution < 1.29 is 4.74 Å². The molecule has 0 bridgehead atoms. The van der Waals surface area contributed by atoms with E-state index in [1.807, 2.05) is 49.2 Å². The second-order valence-corrected chi connectivity index (χ2v) is 5.48. The number of hydrogen-bond acceptors (Lipinski definition) is 4. The minimum absolute atomic E-state index is 0.0111. The lowest BCUT2D eigenvalue weighted by atomic mass is 9.98. The number of aryl methyl sites for hydroxylation is 1. The van der Waals surface area contributed by atoms with Crippen molar-refractivity contribution in [1.82, 2.24) is 14.7 Å². The SMILES string of the molecule is COc1ccccc1C(C(C)N)N(C)Cc1cnn(C)c1. The summed E-state index contributed by atoms with van der Waals surface area (Å²) in [5, 5.41) is 4.21. The average molecular weight is 288 g/mol. The third kappa shape index (κ3) is 3.62.